The number of hydrogen-bond acceptors (Lipinski definition) is 3. The van der Waals surface area contributed by atoms with Crippen molar-refractivity contribution < 1.29 is 8.42 Å². The van der Waals surface area contributed by atoms with E-state index in [-0.39, 0.29) is 0 Å². The molecule has 0 aromatic heterocycles. The summed E-state index contributed by atoms with van der Waals surface area (Å²) >= 11 is 1.91. The Hall–Kier alpha value is -1.30. The fourth-order valence-electron chi connectivity index (χ4n) is 3.09. The van der Waals surface area contributed by atoms with E-state index in [1.807, 2.05) is 23.9 Å². The lowest BCUT2D eigenvalue weighted by atomic mass is 9.91. The summed E-state index contributed by atoms with van der Waals surface area (Å²) in [5.74, 6) is 0.829. The highest BCUT2D eigenvalue weighted by molar-refractivity contribution is 7.98. The number of benzene rings is 2. The monoisotopic (exact) mass is 361 g/mol. The van der Waals surface area contributed by atoms with Crippen LogP contribution in [0.25, 0.3) is 0 Å². The molecule has 5 heteroatoms. The first-order valence-corrected chi connectivity index (χ1v) is 10.7. The van der Waals surface area contributed by atoms with Gasteiger partial charge in [-0.25, -0.2) is 12.7 Å². The first kappa shape index (κ1) is 17.5. The van der Waals surface area contributed by atoms with Gasteiger partial charge in [0.2, 0.25) is 10.0 Å². The van der Waals surface area contributed by atoms with Crippen molar-refractivity contribution in [3.8, 4) is 0 Å². The molecule has 0 spiro atoms. The second-order valence-corrected chi connectivity index (χ2v) is 9.67. The molecule has 2 aromatic carbocycles. The van der Waals surface area contributed by atoms with E-state index in [9.17, 15) is 8.42 Å². The Morgan fingerprint density at radius 2 is 1.92 bits per heavy atom. The van der Waals surface area contributed by atoms with Crippen molar-refractivity contribution in [1.82, 2.24) is 4.31 Å². The van der Waals surface area contributed by atoms with E-state index in [0.717, 1.165) is 11.3 Å². The Morgan fingerprint density at radius 3 is 2.71 bits per heavy atom. The maximum absolute atomic E-state index is 12.3. The van der Waals surface area contributed by atoms with Gasteiger partial charge in [0, 0.05) is 25.1 Å². The van der Waals surface area contributed by atoms with E-state index in [4.69, 9.17) is 0 Å². The van der Waals surface area contributed by atoms with Crippen LogP contribution < -0.4 is 0 Å². The highest BCUT2D eigenvalue weighted by Crippen LogP contribution is 2.41. The minimum absolute atomic E-state index is 0.370. The van der Waals surface area contributed by atoms with E-state index in [1.54, 1.807) is 26.2 Å². The minimum Gasteiger partial charge on any atom is -0.207 e. The summed E-state index contributed by atoms with van der Waals surface area (Å²) in [5.41, 5.74) is 3.97. The molecular weight excluding hydrogens is 338 g/mol. The molecule has 3 nitrogen and oxygen atoms in total. The molecule has 1 atom stereocenters. The quantitative estimate of drug-likeness (QED) is 0.799. The Balaban J connectivity index is 1.75. The van der Waals surface area contributed by atoms with Gasteiger partial charge in [-0.1, -0.05) is 36.4 Å². The maximum atomic E-state index is 12.3. The van der Waals surface area contributed by atoms with Gasteiger partial charge in [0.05, 0.1) is 4.90 Å². The van der Waals surface area contributed by atoms with Crippen molar-refractivity contribution in [2.45, 2.75) is 35.2 Å². The lowest BCUT2D eigenvalue weighted by molar-refractivity contribution is 0.520. The Bertz CT molecular complexity index is 816. The number of aryl methyl sites for hydroxylation is 1. The average molecular weight is 362 g/mol. The molecule has 0 aliphatic heterocycles. The van der Waals surface area contributed by atoms with Crippen LogP contribution in [0.3, 0.4) is 0 Å². The zero-order chi connectivity index (χ0) is 17.2. The van der Waals surface area contributed by atoms with Gasteiger partial charge < -0.3 is 0 Å². The van der Waals surface area contributed by atoms with Gasteiger partial charge in [-0.3, -0.25) is 0 Å². The highest BCUT2D eigenvalue weighted by atomic mass is 32.2. The van der Waals surface area contributed by atoms with Crippen molar-refractivity contribution >= 4 is 21.8 Å². The molecule has 0 fully saturated rings. The SMILES string of the molecule is CN(C)S(=O)(=O)c1cccc(CSC2CCCc3ccccc32)c1. The van der Waals surface area contributed by atoms with Crippen LogP contribution in [0.2, 0.25) is 0 Å². The number of hydrogen-bond donors (Lipinski definition) is 0. The van der Waals surface area contributed by atoms with Crippen LogP contribution >= 0.6 is 11.8 Å². The van der Waals surface area contributed by atoms with Crippen LogP contribution in [0.5, 0.6) is 0 Å². The van der Waals surface area contributed by atoms with Crippen molar-refractivity contribution in [3.05, 3.63) is 65.2 Å². The van der Waals surface area contributed by atoms with Crippen LogP contribution in [0.15, 0.2) is 53.4 Å². The number of rotatable bonds is 5. The molecule has 0 radical (unpaired) electrons. The van der Waals surface area contributed by atoms with Crippen LogP contribution in [0.1, 0.15) is 34.8 Å². The normalized spacial score (nSPS) is 17.7. The number of thioether (sulfide) groups is 1. The lowest BCUT2D eigenvalue weighted by Crippen LogP contribution is -2.22. The minimum atomic E-state index is -3.37. The number of fused-ring (bicyclic) bond motifs is 1. The summed E-state index contributed by atoms with van der Waals surface area (Å²) < 4.78 is 25.8. The van der Waals surface area contributed by atoms with Gasteiger partial charge in [0.15, 0.2) is 0 Å². The largest absolute Gasteiger partial charge is 0.242 e. The third-order valence-electron chi connectivity index (χ3n) is 4.44. The highest BCUT2D eigenvalue weighted by Gasteiger charge is 2.21. The molecule has 0 bridgehead atoms. The lowest BCUT2D eigenvalue weighted by Gasteiger charge is -2.25. The molecule has 0 N–H and O–H groups in total. The van der Waals surface area contributed by atoms with Crippen LogP contribution in [0, 0.1) is 0 Å². The number of nitrogens with zero attached hydrogens (tertiary/aromatic N) is 1. The van der Waals surface area contributed by atoms with E-state index < -0.39 is 10.0 Å². The van der Waals surface area contributed by atoms with Crippen LogP contribution in [-0.2, 0) is 22.2 Å². The van der Waals surface area contributed by atoms with Gasteiger partial charge >= 0.3 is 0 Å². The average Bonchev–Trinajstić information content (AvgIpc) is 2.60. The van der Waals surface area contributed by atoms with Gasteiger partial charge in [-0.05, 0) is 48.1 Å². The topological polar surface area (TPSA) is 37.4 Å². The fraction of sp³-hybridized carbons (Fsp3) is 0.368. The van der Waals surface area contributed by atoms with E-state index >= 15 is 0 Å². The number of sulfonamides is 1. The third-order valence-corrected chi connectivity index (χ3v) is 7.65. The van der Waals surface area contributed by atoms with Crippen molar-refractivity contribution in [1.29, 1.82) is 0 Å². The molecule has 0 amide bonds. The van der Waals surface area contributed by atoms with E-state index in [0.29, 0.717) is 10.1 Å². The molecule has 1 aliphatic carbocycles. The molecule has 24 heavy (non-hydrogen) atoms. The predicted octanol–water partition coefficient (Wildman–Crippen LogP) is 4.25. The molecule has 0 heterocycles. The molecule has 3 rings (SSSR count). The maximum Gasteiger partial charge on any atom is 0.242 e. The second kappa shape index (κ2) is 7.30. The first-order valence-electron chi connectivity index (χ1n) is 8.19. The summed E-state index contributed by atoms with van der Waals surface area (Å²) in [6.45, 7) is 0. The molecule has 128 valence electrons. The summed E-state index contributed by atoms with van der Waals surface area (Å²) in [6, 6.07) is 16.0. The van der Waals surface area contributed by atoms with Gasteiger partial charge in [0.1, 0.15) is 0 Å². The summed E-state index contributed by atoms with van der Waals surface area (Å²) in [5, 5.41) is 0.504. The Morgan fingerprint density at radius 1 is 1.12 bits per heavy atom. The molecule has 0 saturated heterocycles. The van der Waals surface area contributed by atoms with Gasteiger partial charge in [0.25, 0.3) is 0 Å². The standard InChI is InChI=1S/C19H23NO2S2/c1-20(2)24(21,22)17-10-5-7-15(13-17)14-23-19-12-6-9-16-8-3-4-11-18(16)19/h3-5,7-8,10-11,13,19H,6,9,12,14H2,1-2H3. The van der Waals surface area contributed by atoms with Crippen LogP contribution in [0.4, 0.5) is 0 Å². The Kier molecular flexibility index (Phi) is 5.33. The van der Waals surface area contributed by atoms with Crippen molar-refractivity contribution in [2.24, 2.45) is 0 Å². The summed E-state index contributed by atoms with van der Waals surface area (Å²) in [7, 11) is -0.237. The van der Waals surface area contributed by atoms with E-state index in [1.165, 1.54) is 34.7 Å². The summed E-state index contributed by atoms with van der Waals surface area (Å²) in [6.07, 6.45) is 3.59. The second-order valence-electron chi connectivity index (χ2n) is 6.33. The van der Waals surface area contributed by atoms with Crippen molar-refractivity contribution in [2.75, 3.05) is 14.1 Å². The van der Waals surface area contributed by atoms with Gasteiger partial charge in [-0.15, -0.1) is 11.8 Å². The molecule has 1 aliphatic rings. The third kappa shape index (κ3) is 3.68. The molecule has 1 unspecified atom stereocenters. The van der Waals surface area contributed by atoms with Gasteiger partial charge in [-0.2, -0.15) is 0 Å². The summed E-state index contributed by atoms with van der Waals surface area (Å²) in [4.78, 5) is 0.370. The molecule has 2 aromatic rings. The van der Waals surface area contributed by atoms with E-state index in [2.05, 4.69) is 24.3 Å². The predicted molar refractivity (Wildman–Crippen MR) is 101 cm³/mol. The van der Waals surface area contributed by atoms with Crippen molar-refractivity contribution in [3.63, 3.8) is 0 Å². The van der Waals surface area contributed by atoms with Crippen LogP contribution in [-0.4, -0.2) is 26.8 Å². The smallest absolute Gasteiger partial charge is 0.207 e. The first-order chi connectivity index (χ1) is 11.5. The zero-order valence-corrected chi connectivity index (χ0v) is 15.7. The fourth-order valence-corrected chi connectivity index (χ4v) is 5.37. The molecular formula is C19H23NO2S2. The zero-order valence-electron chi connectivity index (χ0n) is 14.1. The Labute approximate surface area is 149 Å². The molecule has 0 saturated carbocycles.